The van der Waals surface area contributed by atoms with Crippen molar-refractivity contribution in [3.05, 3.63) is 34.9 Å². The maximum atomic E-state index is 12.1. The van der Waals surface area contributed by atoms with Crippen LogP contribution in [0.1, 0.15) is 54.1 Å². The van der Waals surface area contributed by atoms with Gasteiger partial charge >= 0.3 is 5.97 Å². The van der Waals surface area contributed by atoms with Crippen molar-refractivity contribution in [3.8, 4) is 0 Å². The fourth-order valence-electron chi connectivity index (χ4n) is 1.96. The Kier molecular flexibility index (Phi) is 6.26. The average Bonchev–Trinajstić information content (AvgIpc) is 2.37. The highest BCUT2D eigenvalue weighted by molar-refractivity contribution is 5.97. The number of carbonyl (C=O) groups is 2. The highest BCUT2D eigenvalue weighted by Gasteiger charge is 2.09. The molecule has 1 aromatic carbocycles. The number of benzene rings is 1. The molecule has 3 heteroatoms. The fraction of sp³-hybridized carbons (Fsp3) is 0.500. The van der Waals surface area contributed by atoms with Crippen LogP contribution in [-0.4, -0.2) is 18.4 Å². The van der Waals surface area contributed by atoms with Crippen molar-refractivity contribution >= 4 is 11.8 Å². The number of rotatable bonds is 7. The lowest BCUT2D eigenvalue weighted by molar-refractivity contribution is -0.143. The van der Waals surface area contributed by atoms with E-state index in [1.54, 1.807) is 6.92 Å². The van der Waals surface area contributed by atoms with Gasteiger partial charge in [-0.15, -0.1) is 0 Å². The minimum atomic E-state index is -0.179. The molecule has 0 saturated heterocycles. The van der Waals surface area contributed by atoms with Crippen LogP contribution in [0.4, 0.5) is 0 Å². The number of unbranched alkanes of at least 4 members (excludes halogenated alkanes) is 1. The summed E-state index contributed by atoms with van der Waals surface area (Å²) < 4.78 is 4.84. The third-order valence-corrected chi connectivity index (χ3v) is 3.03. The summed E-state index contributed by atoms with van der Waals surface area (Å²) >= 11 is 0. The maximum absolute atomic E-state index is 12.1. The van der Waals surface area contributed by atoms with Gasteiger partial charge < -0.3 is 4.74 Å². The summed E-state index contributed by atoms with van der Waals surface area (Å²) in [5.41, 5.74) is 2.91. The van der Waals surface area contributed by atoms with E-state index in [0.717, 1.165) is 23.1 Å². The first-order chi connectivity index (χ1) is 9.04. The lowest BCUT2D eigenvalue weighted by Crippen LogP contribution is -2.05. The highest BCUT2D eigenvalue weighted by atomic mass is 16.5. The number of hydrogen-bond donors (Lipinski definition) is 0. The second kappa shape index (κ2) is 7.72. The maximum Gasteiger partial charge on any atom is 0.305 e. The van der Waals surface area contributed by atoms with Crippen molar-refractivity contribution in [1.82, 2.24) is 0 Å². The third-order valence-electron chi connectivity index (χ3n) is 3.03. The fourth-order valence-corrected chi connectivity index (χ4v) is 1.96. The van der Waals surface area contributed by atoms with E-state index in [9.17, 15) is 9.59 Å². The number of Topliss-reactive ketones (excluding diaryl/α,β-unsaturated/α-hetero) is 1. The predicted octanol–water partition coefficient (Wildman–Crippen LogP) is 3.61. The van der Waals surface area contributed by atoms with Crippen molar-refractivity contribution in [2.45, 2.75) is 46.5 Å². The Bertz CT molecular complexity index is 449. The zero-order chi connectivity index (χ0) is 14.3. The van der Waals surface area contributed by atoms with Crippen LogP contribution < -0.4 is 0 Å². The van der Waals surface area contributed by atoms with Gasteiger partial charge in [0.05, 0.1) is 6.61 Å². The van der Waals surface area contributed by atoms with Crippen LogP contribution in [0.3, 0.4) is 0 Å². The van der Waals surface area contributed by atoms with Gasteiger partial charge in [-0.1, -0.05) is 17.7 Å². The smallest absolute Gasteiger partial charge is 0.305 e. The van der Waals surface area contributed by atoms with Gasteiger partial charge in [-0.3, -0.25) is 9.59 Å². The number of carbonyl (C=O) groups excluding carboxylic acids is 2. The van der Waals surface area contributed by atoms with E-state index in [1.165, 1.54) is 0 Å². The lowest BCUT2D eigenvalue weighted by atomic mass is 9.98. The largest absolute Gasteiger partial charge is 0.466 e. The van der Waals surface area contributed by atoms with E-state index in [4.69, 9.17) is 4.74 Å². The number of ether oxygens (including phenoxy) is 1. The molecule has 104 valence electrons. The summed E-state index contributed by atoms with van der Waals surface area (Å²) in [6, 6.07) is 5.91. The van der Waals surface area contributed by atoms with Gasteiger partial charge in [0.2, 0.25) is 0 Å². The molecule has 0 radical (unpaired) electrons. The van der Waals surface area contributed by atoms with E-state index in [-0.39, 0.29) is 11.8 Å². The van der Waals surface area contributed by atoms with E-state index in [1.807, 2.05) is 32.0 Å². The van der Waals surface area contributed by atoms with Crippen LogP contribution >= 0.6 is 0 Å². The van der Waals surface area contributed by atoms with E-state index in [2.05, 4.69) is 0 Å². The van der Waals surface area contributed by atoms with Gasteiger partial charge in [0.1, 0.15) is 0 Å². The topological polar surface area (TPSA) is 43.4 Å². The van der Waals surface area contributed by atoms with Gasteiger partial charge in [0.15, 0.2) is 5.78 Å². The molecule has 0 bridgehead atoms. The molecule has 3 nitrogen and oxygen atoms in total. The highest BCUT2D eigenvalue weighted by Crippen LogP contribution is 2.15. The monoisotopic (exact) mass is 262 g/mol. The Morgan fingerprint density at radius 2 is 1.79 bits per heavy atom. The van der Waals surface area contributed by atoms with Crippen LogP contribution in [0.2, 0.25) is 0 Å². The molecule has 0 saturated carbocycles. The Hall–Kier alpha value is -1.64. The van der Waals surface area contributed by atoms with Gasteiger partial charge in [-0.25, -0.2) is 0 Å². The number of ketones is 1. The predicted molar refractivity (Wildman–Crippen MR) is 75.3 cm³/mol. The number of esters is 1. The minimum Gasteiger partial charge on any atom is -0.466 e. The summed E-state index contributed by atoms with van der Waals surface area (Å²) in [5, 5.41) is 0. The molecule has 1 rings (SSSR count). The molecule has 1 aromatic rings. The molecule has 0 N–H and O–H groups in total. The second-order valence-corrected chi connectivity index (χ2v) is 4.75. The van der Waals surface area contributed by atoms with Crippen LogP contribution in [0.15, 0.2) is 18.2 Å². The number of aryl methyl sites for hydroxylation is 2. The van der Waals surface area contributed by atoms with E-state index < -0.39 is 0 Å². The van der Waals surface area contributed by atoms with Crippen molar-refractivity contribution in [3.63, 3.8) is 0 Å². The van der Waals surface area contributed by atoms with Gasteiger partial charge in [-0.05, 0) is 45.2 Å². The van der Waals surface area contributed by atoms with Crippen LogP contribution in [0, 0.1) is 13.8 Å². The summed E-state index contributed by atoms with van der Waals surface area (Å²) in [5.74, 6) is -0.0215. The molecule has 0 spiro atoms. The first-order valence-corrected chi connectivity index (χ1v) is 6.80. The first kappa shape index (κ1) is 15.4. The first-order valence-electron chi connectivity index (χ1n) is 6.80. The Morgan fingerprint density at radius 1 is 1.11 bits per heavy atom. The SMILES string of the molecule is CCOC(=O)CCCCC(=O)c1cc(C)ccc1C. The molecule has 0 heterocycles. The molecule has 0 atom stereocenters. The van der Waals surface area contributed by atoms with Crippen LogP contribution in [0.25, 0.3) is 0 Å². The molecule has 0 aliphatic rings. The normalized spacial score (nSPS) is 10.3. The summed E-state index contributed by atoms with van der Waals surface area (Å²) in [6.07, 6.45) is 2.32. The van der Waals surface area contributed by atoms with Crippen molar-refractivity contribution in [2.75, 3.05) is 6.61 Å². The Balaban J connectivity index is 2.39. The quantitative estimate of drug-likeness (QED) is 0.428. The lowest BCUT2D eigenvalue weighted by Gasteiger charge is -2.06. The Labute approximate surface area is 115 Å². The van der Waals surface area contributed by atoms with Crippen molar-refractivity contribution in [2.24, 2.45) is 0 Å². The molecule has 0 fully saturated rings. The summed E-state index contributed by atoms with van der Waals surface area (Å²) in [6.45, 7) is 6.14. The van der Waals surface area contributed by atoms with E-state index >= 15 is 0 Å². The minimum absolute atomic E-state index is 0.157. The second-order valence-electron chi connectivity index (χ2n) is 4.75. The van der Waals surface area contributed by atoms with Crippen molar-refractivity contribution in [1.29, 1.82) is 0 Å². The molecule has 19 heavy (non-hydrogen) atoms. The molecule has 0 unspecified atom stereocenters. The molecule has 0 aliphatic carbocycles. The average molecular weight is 262 g/mol. The number of hydrogen-bond acceptors (Lipinski definition) is 3. The zero-order valence-electron chi connectivity index (χ0n) is 12.0. The molecule has 0 aliphatic heterocycles. The Morgan fingerprint density at radius 3 is 2.47 bits per heavy atom. The summed E-state index contributed by atoms with van der Waals surface area (Å²) in [4.78, 5) is 23.2. The molecule has 0 amide bonds. The molecule has 0 aromatic heterocycles. The van der Waals surface area contributed by atoms with Gasteiger partial charge in [0, 0.05) is 18.4 Å². The zero-order valence-corrected chi connectivity index (χ0v) is 12.0. The van der Waals surface area contributed by atoms with Gasteiger partial charge in [-0.2, -0.15) is 0 Å². The van der Waals surface area contributed by atoms with Gasteiger partial charge in [0.25, 0.3) is 0 Å². The molecular formula is C16H22O3. The summed E-state index contributed by atoms with van der Waals surface area (Å²) in [7, 11) is 0. The standard InChI is InChI=1S/C16H22O3/c1-4-19-16(18)8-6-5-7-15(17)14-11-12(2)9-10-13(14)3/h9-11H,4-8H2,1-3H3. The van der Waals surface area contributed by atoms with Crippen LogP contribution in [-0.2, 0) is 9.53 Å². The third kappa shape index (κ3) is 5.25. The molecular weight excluding hydrogens is 240 g/mol. The van der Waals surface area contributed by atoms with E-state index in [0.29, 0.717) is 25.9 Å². The van der Waals surface area contributed by atoms with Crippen molar-refractivity contribution < 1.29 is 14.3 Å². The van der Waals surface area contributed by atoms with Crippen LogP contribution in [0.5, 0.6) is 0 Å².